The average Bonchev–Trinajstić information content (AvgIpc) is 2.86. The average molecular weight is 469 g/mol. The maximum Gasteiger partial charge on any atom is 0.193 e. The minimum Gasteiger partial charge on any atom is -0.490 e. The van der Waals surface area contributed by atoms with E-state index in [2.05, 4.69) is 16.4 Å². The summed E-state index contributed by atoms with van der Waals surface area (Å²) in [6, 6.07) is 13.8. The Kier molecular flexibility index (Phi) is 7.99. The third-order valence-corrected chi connectivity index (χ3v) is 3.75. The molecule has 2 aromatic rings. The van der Waals surface area contributed by atoms with Crippen LogP contribution in [0.4, 0.5) is 5.69 Å². The van der Waals surface area contributed by atoms with Crippen LogP contribution in [0.15, 0.2) is 47.5 Å². The summed E-state index contributed by atoms with van der Waals surface area (Å²) in [5.74, 6) is 1.84. The number of benzene rings is 2. The normalized spacial score (nSPS) is 13.5. The van der Waals surface area contributed by atoms with Gasteiger partial charge in [0.25, 0.3) is 0 Å². The van der Waals surface area contributed by atoms with Gasteiger partial charge in [0, 0.05) is 25.3 Å². The van der Waals surface area contributed by atoms with Gasteiger partial charge in [0.15, 0.2) is 17.5 Å². The van der Waals surface area contributed by atoms with Crippen molar-refractivity contribution in [1.29, 1.82) is 0 Å². The molecule has 1 aliphatic heterocycles. The summed E-state index contributed by atoms with van der Waals surface area (Å²) in [5, 5.41) is 3.09. The maximum absolute atomic E-state index is 6.00. The fraction of sp³-hybridized carbons (Fsp3) is 0.316. The zero-order valence-corrected chi connectivity index (χ0v) is 17.1. The van der Waals surface area contributed by atoms with Crippen LogP contribution in [0.2, 0.25) is 0 Å². The molecule has 2 aromatic carbocycles. The van der Waals surface area contributed by atoms with Crippen LogP contribution in [0.1, 0.15) is 17.5 Å². The fourth-order valence-corrected chi connectivity index (χ4v) is 2.59. The second kappa shape index (κ2) is 10.2. The van der Waals surface area contributed by atoms with Crippen molar-refractivity contribution in [3.8, 4) is 11.5 Å². The first-order chi connectivity index (χ1) is 12.2. The third kappa shape index (κ3) is 5.77. The standard InChI is InChI=1S/C19H23N3O3.HI/c1-23-13-15-5-2-4-14(10-15)12-21-19(20)22-16-6-7-17-18(11-16)25-9-3-8-24-17;/h2,4-7,10-11H,3,8-9,12-13H2,1H3,(H3,20,21,22);1H. The molecule has 1 aliphatic rings. The lowest BCUT2D eigenvalue weighted by molar-refractivity contribution is 0.185. The quantitative estimate of drug-likeness (QED) is 0.398. The largest absolute Gasteiger partial charge is 0.490 e. The summed E-state index contributed by atoms with van der Waals surface area (Å²) in [6.07, 6.45) is 0.878. The van der Waals surface area contributed by atoms with Crippen LogP contribution < -0.4 is 20.5 Å². The lowest BCUT2D eigenvalue weighted by atomic mass is 10.1. The van der Waals surface area contributed by atoms with E-state index in [-0.39, 0.29) is 24.0 Å². The second-order valence-electron chi connectivity index (χ2n) is 5.79. The van der Waals surface area contributed by atoms with Crippen molar-refractivity contribution in [2.45, 2.75) is 19.6 Å². The van der Waals surface area contributed by atoms with E-state index in [1.54, 1.807) is 7.11 Å². The molecule has 0 radical (unpaired) electrons. The zero-order chi connectivity index (χ0) is 17.5. The Balaban J connectivity index is 0.00000243. The molecule has 26 heavy (non-hydrogen) atoms. The summed E-state index contributed by atoms with van der Waals surface area (Å²) in [7, 11) is 1.68. The number of nitrogens with zero attached hydrogens (tertiary/aromatic N) is 1. The molecular weight excluding hydrogens is 445 g/mol. The molecule has 0 bridgehead atoms. The summed E-state index contributed by atoms with van der Waals surface area (Å²) in [4.78, 5) is 4.39. The second-order valence-corrected chi connectivity index (χ2v) is 5.79. The molecule has 140 valence electrons. The van der Waals surface area contributed by atoms with Crippen molar-refractivity contribution < 1.29 is 14.2 Å². The first kappa shape index (κ1) is 20.3. The molecule has 0 spiro atoms. The Morgan fingerprint density at radius 2 is 1.88 bits per heavy atom. The number of hydrogen-bond donors (Lipinski definition) is 2. The molecule has 0 aromatic heterocycles. The van der Waals surface area contributed by atoms with Crippen LogP contribution in [0, 0.1) is 0 Å². The van der Waals surface area contributed by atoms with Gasteiger partial charge >= 0.3 is 0 Å². The van der Waals surface area contributed by atoms with Crippen molar-refractivity contribution in [1.82, 2.24) is 0 Å². The highest BCUT2D eigenvalue weighted by Crippen LogP contribution is 2.32. The number of nitrogens with one attached hydrogen (secondary N) is 1. The summed E-state index contributed by atoms with van der Waals surface area (Å²) >= 11 is 0. The monoisotopic (exact) mass is 469 g/mol. The molecule has 0 amide bonds. The number of hydrogen-bond acceptors (Lipinski definition) is 4. The van der Waals surface area contributed by atoms with E-state index in [0.29, 0.717) is 32.3 Å². The number of anilines is 1. The van der Waals surface area contributed by atoms with Gasteiger partial charge in [-0.25, -0.2) is 4.99 Å². The maximum atomic E-state index is 6.00. The lowest BCUT2D eigenvalue weighted by Crippen LogP contribution is -2.22. The van der Waals surface area contributed by atoms with E-state index < -0.39 is 0 Å². The third-order valence-electron chi connectivity index (χ3n) is 3.75. The molecule has 0 fully saturated rings. The van der Waals surface area contributed by atoms with Gasteiger partial charge in [-0.1, -0.05) is 24.3 Å². The van der Waals surface area contributed by atoms with Gasteiger partial charge in [0.1, 0.15) is 0 Å². The minimum atomic E-state index is 0. The van der Waals surface area contributed by atoms with Gasteiger partial charge in [0.2, 0.25) is 0 Å². The van der Waals surface area contributed by atoms with Gasteiger partial charge in [-0.2, -0.15) is 0 Å². The fourth-order valence-electron chi connectivity index (χ4n) is 2.59. The first-order valence-corrected chi connectivity index (χ1v) is 8.28. The molecule has 0 atom stereocenters. The van der Waals surface area contributed by atoms with E-state index in [1.165, 1.54) is 0 Å². The van der Waals surface area contributed by atoms with E-state index in [0.717, 1.165) is 34.7 Å². The number of ether oxygens (including phenoxy) is 3. The Labute approximate surface area is 170 Å². The molecule has 0 saturated heterocycles. The number of rotatable bonds is 5. The zero-order valence-electron chi connectivity index (χ0n) is 14.7. The molecule has 0 unspecified atom stereocenters. The van der Waals surface area contributed by atoms with E-state index >= 15 is 0 Å². The highest BCUT2D eigenvalue weighted by atomic mass is 127. The van der Waals surface area contributed by atoms with Gasteiger partial charge in [0.05, 0.1) is 26.4 Å². The highest BCUT2D eigenvalue weighted by Gasteiger charge is 2.10. The van der Waals surface area contributed by atoms with Crippen molar-refractivity contribution in [3.05, 3.63) is 53.6 Å². The minimum absolute atomic E-state index is 0. The van der Waals surface area contributed by atoms with Crippen LogP contribution in [-0.4, -0.2) is 26.3 Å². The molecule has 1 heterocycles. The Morgan fingerprint density at radius 3 is 2.69 bits per heavy atom. The molecular formula is C19H24IN3O3. The van der Waals surface area contributed by atoms with Crippen LogP contribution in [-0.2, 0) is 17.9 Å². The predicted molar refractivity (Wildman–Crippen MR) is 114 cm³/mol. The Bertz CT molecular complexity index is 753. The smallest absolute Gasteiger partial charge is 0.193 e. The van der Waals surface area contributed by atoms with Crippen molar-refractivity contribution in [2.24, 2.45) is 10.7 Å². The van der Waals surface area contributed by atoms with E-state index in [1.807, 2.05) is 36.4 Å². The number of halogens is 1. The highest BCUT2D eigenvalue weighted by molar-refractivity contribution is 14.0. The Morgan fingerprint density at radius 1 is 1.12 bits per heavy atom. The molecule has 3 rings (SSSR count). The van der Waals surface area contributed by atoms with Crippen LogP contribution in [0.3, 0.4) is 0 Å². The van der Waals surface area contributed by atoms with E-state index in [9.17, 15) is 0 Å². The van der Waals surface area contributed by atoms with Crippen LogP contribution in [0.5, 0.6) is 11.5 Å². The molecule has 0 saturated carbocycles. The summed E-state index contributed by atoms with van der Waals surface area (Å²) < 4.78 is 16.4. The van der Waals surface area contributed by atoms with Crippen LogP contribution >= 0.6 is 24.0 Å². The van der Waals surface area contributed by atoms with Gasteiger partial charge in [-0.15, -0.1) is 24.0 Å². The first-order valence-electron chi connectivity index (χ1n) is 8.28. The van der Waals surface area contributed by atoms with Crippen molar-refractivity contribution in [2.75, 3.05) is 25.6 Å². The van der Waals surface area contributed by atoms with Crippen molar-refractivity contribution in [3.63, 3.8) is 0 Å². The van der Waals surface area contributed by atoms with Crippen molar-refractivity contribution >= 4 is 35.6 Å². The number of methoxy groups -OCH3 is 1. The van der Waals surface area contributed by atoms with Gasteiger partial charge < -0.3 is 25.3 Å². The van der Waals surface area contributed by atoms with Crippen LogP contribution in [0.25, 0.3) is 0 Å². The number of fused-ring (bicyclic) bond motifs is 1. The Hall–Kier alpha value is -2.00. The number of guanidine groups is 1. The molecule has 3 N–H and O–H groups in total. The number of aliphatic imine (C=N–C) groups is 1. The van der Waals surface area contributed by atoms with Gasteiger partial charge in [-0.05, 0) is 23.3 Å². The SMILES string of the molecule is COCc1cccc(CN=C(N)Nc2ccc3c(c2)OCCCO3)c1.I. The van der Waals surface area contributed by atoms with E-state index in [4.69, 9.17) is 19.9 Å². The summed E-state index contributed by atoms with van der Waals surface area (Å²) in [5.41, 5.74) is 9.01. The number of nitrogens with two attached hydrogens (primary N) is 1. The predicted octanol–water partition coefficient (Wildman–Crippen LogP) is 3.54. The van der Waals surface area contributed by atoms with Gasteiger partial charge in [-0.3, -0.25) is 0 Å². The molecule has 7 heteroatoms. The molecule has 6 nitrogen and oxygen atoms in total. The topological polar surface area (TPSA) is 78.1 Å². The lowest BCUT2D eigenvalue weighted by Gasteiger charge is -2.11. The molecule has 0 aliphatic carbocycles. The summed E-state index contributed by atoms with van der Waals surface area (Å²) in [6.45, 7) is 2.41.